The summed E-state index contributed by atoms with van der Waals surface area (Å²) in [6.45, 7) is 2.98. The molecular formula is C29H29N10O8S2+. The van der Waals surface area contributed by atoms with E-state index in [0.717, 1.165) is 27.1 Å². The number of carboxylic acid groups (broad SMARTS) is 2. The Bertz CT molecular complexity index is 2100. The first-order valence-electron chi connectivity index (χ1n) is 14.4. The van der Waals surface area contributed by atoms with E-state index in [1.165, 1.54) is 37.3 Å². The highest BCUT2D eigenvalue weighted by Gasteiger charge is 2.55. The van der Waals surface area contributed by atoms with Crippen molar-refractivity contribution in [3.8, 4) is 0 Å². The van der Waals surface area contributed by atoms with Crippen LogP contribution >= 0.6 is 23.1 Å². The molecule has 2 aliphatic heterocycles. The van der Waals surface area contributed by atoms with E-state index in [1.54, 1.807) is 6.20 Å². The highest BCUT2D eigenvalue weighted by atomic mass is 32.2. The van der Waals surface area contributed by atoms with E-state index in [-0.39, 0.29) is 40.3 Å². The van der Waals surface area contributed by atoms with E-state index < -0.39 is 46.5 Å². The van der Waals surface area contributed by atoms with Crippen LogP contribution in [0.25, 0.3) is 10.9 Å². The number of carboxylic acids is 2. The second kappa shape index (κ2) is 12.7. The van der Waals surface area contributed by atoms with Crippen LogP contribution in [0.3, 0.4) is 0 Å². The van der Waals surface area contributed by atoms with E-state index in [0.29, 0.717) is 18.0 Å². The van der Waals surface area contributed by atoms with Crippen LogP contribution in [0, 0.1) is 5.41 Å². The molecule has 0 radical (unpaired) electrons. The number of pyridine rings is 1. The Hall–Kier alpha value is -5.76. The molecule has 0 bridgehead atoms. The molecule has 2 atom stereocenters. The van der Waals surface area contributed by atoms with Crippen molar-refractivity contribution in [3.63, 3.8) is 0 Å². The van der Waals surface area contributed by atoms with Gasteiger partial charge in [0.05, 0.1) is 17.4 Å². The number of β-lactam (4-membered cyclic amide) rings is 1. The number of nitrogens with one attached hydrogen (secondary N) is 2. The van der Waals surface area contributed by atoms with Gasteiger partial charge in [0.25, 0.3) is 11.8 Å². The number of amidine groups is 1. The molecular weight excluding hydrogens is 681 g/mol. The lowest BCUT2D eigenvalue weighted by Crippen LogP contribution is -2.71. The lowest BCUT2D eigenvalue weighted by Gasteiger charge is -2.49. The van der Waals surface area contributed by atoms with Crippen molar-refractivity contribution in [2.24, 2.45) is 10.9 Å². The predicted molar refractivity (Wildman–Crippen MR) is 174 cm³/mol. The van der Waals surface area contributed by atoms with E-state index in [2.05, 4.69) is 20.4 Å². The van der Waals surface area contributed by atoms with Gasteiger partial charge in [-0.3, -0.25) is 19.9 Å². The molecule has 6 heterocycles. The summed E-state index contributed by atoms with van der Waals surface area (Å²) in [5.41, 5.74) is 10.5. The smallest absolute Gasteiger partial charge is 0.352 e. The molecule has 2 aliphatic rings. The largest absolute Gasteiger partial charge is 0.478 e. The SMILES string of the molecule is CC(C)(ON=C(C(=O)N[C@@H]1C(=O)N2C(C(=O)O)=C(C[n+]3ccc4c(ccn4Cc4nc(C(=N)N)co4)c3)CS[C@H]12)c1csc(N)n1)C(=O)O. The minimum atomic E-state index is -1.78. The molecule has 0 spiro atoms. The molecule has 4 aromatic heterocycles. The number of oxazole rings is 1. The van der Waals surface area contributed by atoms with Crippen molar-refractivity contribution in [3.05, 3.63) is 70.9 Å². The van der Waals surface area contributed by atoms with Gasteiger partial charge in [-0.25, -0.2) is 24.1 Å². The van der Waals surface area contributed by atoms with Gasteiger partial charge in [-0.2, -0.15) is 0 Å². The van der Waals surface area contributed by atoms with Gasteiger partial charge in [-0.15, -0.1) is 23.1 Å². The number of fused-ring (bicyclic) bond motifs is 2. The molecule has 1 saturated heterocycles. The summed E-state index contributed by atoms with van der Waals surface area (Å²) in [5.74, 6) is -3.68. The Kier molecular flexibility index (Phi) is 8.59. The number of aromatic nitrogens is 4. The number of carbonyl (C=O) groups excluding carboxylic acids is 2. The molecule has 0 saturated carbocycles. The van der Waals surface area contributed by atoms with Crippen molar-refractivity contribution in [1.29, 1.82) is 5.41 Å². The fraction of sp³-hybridized carbons (Fsp3) is 0.276. The maximum Gasteiger partial charge on any atom is 0.352 e. The molecule has 1 fully saturated rings. The van der Waals surface area contributed by atoms with Gasteiger partial charge in [-0.1, -0.05) is 5.16 Å². The average Bonchev–Trinajstić information content (AvgIpc) is 3.80. The van der Waals surface area contributed by atoms with Gasteiger partial charge < -0.3 is 40.8 Å². The zero-order valence-electron chi connectivity index (χ0n) is 25.8. The molecule has 49 heavy (non-hydrogen) atoms. The first kappa shape index (κ1) is 33.2. The minimum absolute atomic E-state index is 0.0126. The van der Waals surface area contributed by atoms with Crippen LogP contribution in [-0.2, 0) is 37.1 Å². The van der Waals surface area contributed by atoms with Crippen molar-refractivity contribution >= 4 is 74.4 Å². The molecule has 2 amide bonds. The summed E-state index contributed by atoms with van der Waals surface area (Å²) < 4.78 is 9.14. The standard InChI is InChI=1S/C29H28N10O8S2/c1-29(2,27(44)45)47-36-19(16-12-49-28(32)34-16)23(40)35-20-24(41)39-21(26(42)43)14(11-48-25(20)39)8-37-5-4-17-13(7-37)3-6-38(17)9-18-33-15(10-46-18)22(30)31/h3-7,10,12,20,25H,8-9,11H2,1-2H3,(H7-,30,31,32,34,35,40,42,43,44,45)/p+1/t20-,25-/m1/s1. The molecule has 0 aromatic carbocycles. The Labute approximate surface area is 284 Å². The lowest BCUT2D eigenvalue weighted by atomic mass is 10.0. The first-order chi connectivity index (χ1) is 23.2. The number of nitrogen functional groups attached to an aromatic ring is 2. The third-order valence-corrected chi connectivity index (χ3v) is 9.68. The third kappa shape index (κ3) is 6.42. The predicted octanol–water partition coefficient (Wildman–Crippen LogP) is 0.311. The Balaban J connectivity index is 1.18. The monoisotopic (exact) mass is 709 g/mol. The fourth-order valence-corrected chi connectivity index (χ4v) is 7.00. The summed E-state index contributed by atoms with van der Waals surface area (Å²) >= 11 is 2.31. The van der Waals surface area contributed by atoms with Crippen LogP contribution in [0.1, 0.15) is 31.1 Å². The first-order valence-corrected chi connectivity index (χ1v) is 16.3. The Morgan fingerprint density at radius 1 is 1.27 bits per heavy atom. The normalized spacial score (nSPS) is 17.9. The number of aliphatic carboxylic acids is 2. The van der Waals surface area contributed by atoms with Gasteiger partial charge in [0.2, 0.25) is 11.5 Å². The summed E-state index contributed by atoms with van der Waals surface area (Å²) in [7, 11) is 0. The van der Waals surface area contributed by atoms with Gasteiger partial charge in [0.15, 0.2) is 29.8 Å². The number of nitrogens with zero attached hydrogens (tertiary/aromatic N) is 6. The number of hydrogen-bond acceptors (Lipinski definition) is 13. The number of anilines is 1. The molecule has 20 heteroatoms. The summed E-state index contributed by atoms with van der Waals surface area (Å²) in [4.78, 5) is 65.2. The molecule has 0 aliphatic carbocycles. The summed E-state index contributed by atoms with van der Waals surface area (Å²) in [6, 6.07) is 2.65. The van der Waals surface area contributed by atoms with E-state index in [9.17, 15) is 29.4 Å². The number of hydrogen-bond donors (Lipinski definition) is 6. The number of nitrogens with two attached hydrogens (primary N) is 2. The van der Waals surface area contributed by atoms with Gasteiger partial charge in [0, 0.05) is 29.0 Å². The van der Waals surface area contributed by atoms with Crippen LogP contribution in [-0.4, -0.2) is 87.7 Å². The van der Waals surface area contributed by atoms with Gasteiger partial charge in [-0.05, 0) is 19.9 Å². The Morgan fingerprint density at radius 2 is 2.04 bits per heavy atom. The molecule has 254 valence electrons. The number of rotatable bonds is 12. The van der Waals surface area contributed by atoms with Gasteiger partial charge >= 0.3 is 11.9 Å². The molecule has 6 rings (SSSR count). The lowest BCUT2D eigenvalue weighted by molar-refractivity contribution is -0.687. The minimum Gasteiger partial charge on any atom is -0.478 e. The highest BCUT2D eigenvalue weighted by molar-refractivity contribution is 8.00. The quantitative estimate of drug-likeness (QED) is 0.0381. The van der Waals surface area contributed by atoms with Crippen molar-refractivity contribution in [2.45, 2.75) is 44.0 Å². The van der Waals surface area contributed by atoms with E-state index in [1.807, 2.05) is 33.7 Å². The van der Waals surface area contributed by atoms with Crippen LogP contribution in [0.4, 0.5) is 5.13 Å². The zero-order valence-corrected chi connectivity index (χ0v) is 27.4. The second-order valence-corrected chi connectivity index (χ2v) is 13.5. The maximum absolute atomic E-state index is 13.4. The van der Waals surface area contributed by atoms with Crippen LogP contribution in [0.15, 0.2) is 63.2 Å². The summed E-state index contributed by atoms with van der Waals surface area (Å²) in [5, 5.41) is 35.1. The van der Waals surface area contributed by atoms with Crippen molar-refractivity contribution in [1.82, 2.24) is 24.8 Å². The van der Waals surface area contributed by atoms with E-state index >= 15 is 0 Å². The second-order valence-electron chi connectivity index (χ2n) is 11.5. The van der Waals surface area contributed by atoms with Crippen LogP contribution in [0.2, 0.25) is 0 Å². The average molecular weight is 710 g/mol. The number of oxime groups is 1. The highest BCUT2D eigenvalue weighted by Crippen LogP contribution is 2.40. The number of thiazole rings is 1. The Morgan fingerprint density at radius 3 is 2.69 bits per heavy atom. The van der Waals surface area contributed by atoms with E-state index in [4.69, 9.17) is 26.1 Å². The summed E-state index contributed by atoms with van der Waals surface area (Å²) in [6.07, 6.45) is 6.81. The van der Waals surface area contributed by atoms with Crippen molar-refractivity contribution < 1.29 is 43.2 Å². The molecule has 0 unspecified atom stereocenters. The molecule has 18 nitrogen and oxygen atoms in total. The van der Waals surface area contributed by atoms with Crippen molar-refractivity contribution in [2.75, 3.05) is 11.5 Å². The number of thioether (sulfide) groups is 1. The topological polar surface area (TPSA) is 269 Å². The third-order valence-electron chi connectivity index (χ3n) is 7.67. The van der Waals surface area contributed by atoms with Crippen LogP contribution < -0.4 is 21.4 Å². The zero-order chi connectivity index (χ0) is 35.2. The molecule has 4 aromatic rings. The fourth-order valence-electron chi connectivity index (χ4n) is 5.11. The van der Waals surface area contributed by atoms with Gasteiger partial charge in [0.1, 0.15) is 40.6 Å². The number of carbonyl (C=O) groups is 4. The maximum atomic E-state index is 13.4. The van der Waals surface area contributed by atoms with Crippen LogP contribution in [0.5, 0.6) is 0 Å². The number of amides is 2. The molecule has 8 N–H and O–H groups in total.